The van der Waals surface area contributed by atoms with E-state index in [0.29, 0.717) is 25.0 Å². The van der Waals surface area contributed by atoms with Crippen LogP contribution >= 0.6 is 23.5 Å². The van der Waals surface area contributed by atoms with Gasteiger partial charge in [-0.2, -0.15) is 23.5 Å². The lowest BCUT2D eigenvalue weighted by Crippen LogP contribution is -2.55. The molecule has 0 aliphatic rings. The van der Waals surface area contributed by atoms with Gasteiger partial charge in [0.15, 0.2) is 0 Å². The van der Waals surface area contributed by atoms with Crippen molar-refractivity contribution >= 4 is 41.3 Å². The van der Waals surface area contributed by atoms with Crippen molar-refractivity contribution in [2.75, 3.05) is 24.0 Å². The standard InChI is InChI=1S/C16H31N3O4S2/c1-5-10(2)13(16(22)23)19-15(21)12(7-9-25-4)18-14(20)11(17)6-8-24-3/h10-13H,5-9,17H2,1-4H3,(H,18,20)(H,19,21)(H,22,23). The molecule has 0 heterocycles. The molecule has 9 heteroatoms. The number of thioether (sulfide) groups is 2. The zero-order valence-corrected chi connectivity index (χ0v) is 17.0. The van der Waals surface area contributed by atoms with Gasteiger partial charge in [-0.25, -0.2) is 4.79 Å². The quantitative estimate of drug-likeness (QED) is 0.367. The SMILES string of the molecule is CCC(C)C(NC(=O)C(CCSC)NC(=O)C(N)CCSC)C(=O)O. The fraction of sp³-hybridized carbons (Fsp3) is 0.812. The summed E-state index contributed by atoms with van der Waals surface area (Å²) in [6.07, 6.45) is 5.40. The highest BCUT2D eigenvalue weighted by atomic mass is 32.2. The Hall–Kier alpha value is -0.930. The molecule has 0 aromatic carbocycles. The van der Waals surface area contributed by atoms with Gasteiger partial charge in [-0.1, -0.05) is 20.3 Å². The van der Waals surface area contributed by atoms with Crippen LogP contribution in [0.1, 0.15) is 33.1 Å². The van der Waals surface area contributed by atoms with Crippen molar-refractivity contribution in [3.63, 3.8) is 0 Å². The predicted molar refractivity (Wildman–Crippen MR) is 105 cm³/mol. The third-order valence-corrected chi connectivity index (χ3v) is 5.28. The molecule has 0 spiro atoms. The van der Waals surface area contributed by atoms with Crippen molar-refractivity contribution in [1.29, 1.82) is 0 Å². The van der Waals surface area contributed by atoms with Crippen LogP contribution in [0.15, 0.2) is 0 Å². The van der Waals surface area contributed by atoms with E-state index in [1.54, 1.807) is 30.4 Å². The smallest absolute Gasteiger partial charge is 0.326 e. The molecular weight excluding hydrogens is 362 g/mol. The molecule has 0 rings (SSSR count). The Kier molecular flexibility index (Phi) is 12.8. The van der Waals surface area contributed by atoms with Crippen molar-refractivity contribution in [1.82, 2.24) is 10.6 Å². The number of carboxylic acid groups (broad SMARTS) is 1. The first-order valence-electron chi connectivity index (χ1n) is 8.35. The Morgan fingerprint density at radius 3 is 2.08 bits per heavy atom. The first-order valence-corrected chi connectivity index (χ1v) is 11.1. The minimum Gasteiger partial charge on any atom is -0.480 e. The van der Waals surface area contributed by atoms with Crippen LogP contribution in [-0.4, -0.2) is 65.0 Å². The minimum absolute atomic E-state index is 0.206. The maximum absolute atomic E-state index is 12.5. The number of nitrogens with two attached hydrogens (primary N) is 1. The Bertz CT molecular complexity index is 438. The summed E-state index contributed by atoms with van der Waals surface area (Å²) >= 11 is 3.15. The number of hydrogen-bond acceptors (Lipinski definition) is 6. The first kappa shape index (κ1) is 24.1. The molecule has 0 aliphatic heterocycles. The number of nitrogens with one attached hydrogen (secondary N) is 2. The van der Waals surface area contributed by atoms with E-state index >= 15 is 0 Å². The Morgan fingerprint density at radius 2 is 1.60 bits per heavy atom. The largest absolute Gasteiger partial charge is 0.480 e. The molecule has 4 unspecified atom stereocenters. The second-order valence-electron chi connectivity index (χ2n) is 5.94. The van der Waals surface area contributed by atoms with E-state index < -0.39 is 30.0 Å². The summed E-state index contributed by atoms with van der Waals surface area (Å²) in [5, 5.41) is 14.5. The van der Waals surface area contributed by atoms with Gasteiger partial charge >= 0.3 is 5.97 Å². The van der Waals surface area contributed by atoms with Gasteiger partial charge in [0.05, 0.1) is 6.04 Å². The average molecular weight is 394 g/mol. The second kappa shape index (κ2) is 13.3. The number of amides is 2. The molecule has 0 saturated carbocycles. The number of carbonyl (C=O) groups excluding carboxylic acids is 2. The van der Waals surface area contributed by atoms with Gasteiger partial charge in [0.1, 0.15) is 12.1 Å². The van der Waals surface area contributed by atoms with E-state index in [0.717, 1.165) is 5.75 Å². The Morgan fingerprint density at radius 1 is 1.04 bits per heavy atom. The van der Waals surface area contributed by atoms with E-state index in [9.17, 15) is 19.5 Å². The maximum Gasteiger partial charge on any atom is 0.326 e. The van der Waals surface area contributed by atoms with Gasteiger partial charge < -0.3 is 21.5 Å². The minimum atomic E-state index is -1.07. The van der Waals surface area contributed by atoms with Crippen molar-refractivity contribution in [3.05, 3.63) is 0 Å². The number of rotatable bonds is 13. The number of aliphatic carboxylic acids is 1. The molecule has 0 fully saturated rings. The fourth-order valence-corrected chi connectivity index (χ4v) is 3.06. The highest BCUT2D eigenvalue weighted by Gasteiger charge is 2.30. The monoisotopic (exact) mass is 393 g/mol. The summed E-state index contributed by atoms with van der Waals surface area (Å²) in [6.45, 7) is 3.64. The van der Waals surface area contributed by atoms with Gasteiger partial charge in [-0.15, -0.1) is 0 Å². The molecule has 7 nitrogen and oxygen atoms in total. The zero-order valence-electron chi connectivity index (χ0n) is 15.4. The molecule has 2 amide bonds. The Labute approximate surface area is 158 Å². The van der Waals surface area contributed by atoms with Crippen molar-refractivity contribution < 1.29 is 19.5 Å². The number of carbonyl (C=O) groups is 3. The molecular formula is C16H31N3O4S2. The highest BCUT2D eigenvalue weighted by Crippen LogP contribution is 2.10. The molecule has 0 aromatic rings. The van der Waals surface area contributed by atoms with Crippen LogP contribution in [0, 0.1) is 5.92 Å². The zero-order chi connectivity index (χ0) is 19.4. The molecule has 0 radical (unpaired) electrons. The van der Waals surface area contributed by atoms with Crippen LogP contribution in [0.3, 0.4) is 0 Å². The normalized spacial score (nSPS) is 15.7. The van der Waals surface area contributed by atoms with Crippen LogP contribution in [0.25, 0.3) is 0 Å². The molecule has 4 atom stereocenters. The summed E-state index contributed by atoms with van der Waals surface area (Å²) in [5.74, 6) is -0.723. The maximum atomic E-state index is 12.5. The molecule has 25 heavy (non-hydrogen) atoms. The van der Waals surface area contributed by atoms with Crippen LogP contribution in [-0.2, 0) is 14.4 Å². The number of carboxylic acids is 1. The second-order valence-corrected chi connectivity index (χ2v) is 7.91. The van der Waals surface area contributed by atoms with E-state index in [-0.39, 0.29) is 11.8 Å². The third-order valence-electron chi connectivity index (χ3n) is 3.99. The van der Waals surface area contributed by atoms with Crippen LogP contribution in [0.4, 0.5) is 0 Å². The van der Waals surface area contributed by atoms with Crippen molar-refractivity contribution in [3.8, 4) is 0 Å². The lowest BCUT2D eigenvalue weighted by Gasteiger charge is -2.25. The van der Waals surface area contributed by atoms with Crippen LogP contribution in [0.5, 0.6) is 0 Å². The molecule has 146 valence electrons. The van der Waals surface area contributed by atoms with Crippen LogP contribution in [0.2, 0.25) is 0 Å². The van der Waals surface area contributed by atoms with Gasteiger partial charge in [-0.3, -0.25) is 9.59 Å². The third kappa shape index (κ3) is 9.37. The summed E-state index contributed by atoms with van der Waals surface area (Å²) < 4.78 is 0. The molecule has 0 aliphatic carbocycles. The Balaban J connectivity index is 4.95. The first-order chi connectivity index (χ1) is 11.8. The van der Waals surface area contributed by atoms with E-state index in [1.807, 2.05) is 19.4 Å². The highest BCUT2D eigenvalue weighted by molar-refractivity contribution is 7.98. The summed E-state index contributed by atoms with van der Waals surface area (Å²) in [7, 11) is 0. The predicted octanol–water partition coefficient (Wildman–Crippen LogP) is 0.920. The lowest BCUT2D eigenvalue weighted by molar-refractivity contribution is -0.143. The average Bonchev–Trinajstić information content (AvgIpc) is 2.59. The van der Waals surface area contributed by atoms with Gasteiger partial charge in [0, 0.05) is 0 Å². The van der Waals surface area contributed by atoms with E-state index in [4.69, 9.17) is 5.73 Å². The van der Waals surface area contributed by atoms with Gasteiger partial charge in [0.2, 0.25) is 11.8 Å². The summed E-state index contributed by atoms with van der Waals surface area (Å²) in [6, 6.07) is -2.44. The molecule has 0 saturated heterocycles. The molecule has 0 bridgehead atoms. The van der Waals surface area contributed by atoms with Crippen LogP contribution < -0.4 is 16.4 Å². The molecule has 0 aromatic heterocycles. The van der Waals surface area contributed by atoms with Gasteiger partial charge in [0.25, 0.3) is 0 Å². The lowest BCUT2D eigenvalue weighted by atomic mass is 9.98. The van der Waals surface area contributed by atoms with E-state index in [1.165, 1.54) is 0 Å². The fourth-order valence-electron chi connectivity index (χ4n) is 2.10. The topological polar surface area (TPSA) is 122 Å². The summed E-state index contributed by atoms with van der Waals surface area (Å²) in [4.78, 5) is 36.1. The van der Waals surface area contributed by atoms with Crippen molar-refractivity contribution in [2.24, 2.45) is 11.7 Å². The van der Waals surface area contributed by atoms with Crippen molar-refractivity contribution in [2.45, 2.75) is 51.2 Å². The number of hydrogen-bond donors (Lipinski definition) is 4. The van der Waals surface area contributed by atoms with E-state index in [2.05, 4.69) is 10.6 Å². The van der Waals surface area contributed by atoms with Gasteiger partial charge in [-0.05, 0) is 42.8 Å². The molecule has 5 N–H and O–H groups in total. The summed E-state index contributed by atoms with van der Waals surface area (Å²) in [5.41, 5.74) is 5.84.